The molecule has 1 amide bonds. The molecule has 9 heteroatoms. The third kappa shape index (κ3) is 5.16. The molecule has 0 unspecified atom stereocenters. The van der Waals surface area contributed by atoms with Crippen molar-refractivity contribution >= 4 is 5.91 Å². The number of rotatable bonds is 9. The molecule has 0 radical (unpaired) electrons. The van der Waals surface area contributed by atoms with E-state index in [0.717, 1.165) is 0 Å². The second-order valence-corrected chi connectivity index (χ2v) is 5.83. The van der Waals surface area contributed by atoms with Gasteiger partial charge in [0.2, 0.25) is 11.7 Å². The van der Waals surface area contributed by atoms with Crippen molar-refractivity contribution in [2.24, 2.45) is 0 Å². The SMILES string of the molecule is COc1cccc(OCC(=O)NCc2nc(-c3ccc(OC)c(OC)c3)no2)c1. The van der Waals surface area contributed by atoms with Crippen molar-refractivity contribution in [1.82, 2.24) is 15.5 Å². The highest BCUT2D eigenvalue weighted by Gasteiger charge is 2.13. The summed E-state index contributed by atoms with van der Waals surface area (Å²) in [6.45, 7) is -0.0650. The highest BCUT2D eigenvalue weighted by Crippen LogP contribution is 2.31. The van der Waals surface area contributed by atoms with Crippen LogP contribution in [0.2, 0.25) is 0 Å². The van der Waals surface area contributed by atoms with Crippen LogP contribution in [0.3, 0.4) is 0 Å². The number of carbonyl (C=O) groups is 1. The molecule has 3 aromatic rings. The van der Waals surface area contributed by atoms with E-state index in [2.05, 4.69) is 15.5 Å². The number of hydrogen-bond acceptors (Lipinski definition) is 8. The first-order chi connectivity index (χ1) is 14.1. The zero-order chi connectivity index (χ0) is 20.6. The van der Waals surface area contributed by atoms with Crippen LogP contribution >= 0.6 is 0 Å². The maximum Gasteiger partial charge on any atom is 0.258 e. The zero-order valence-corrected chi connectivity index (χ0v) is 16.3. The largest absolute Gasteiger partial charge is 0.497 e. The lowest BCUT2D eigenvalue weighted by molar-refractivity contribution is -0.123. The summed E-state index contributed by atoms with van der Waals surface area (Å²) in [6.07, 6.45) is 0. The Morgan fingerprint density at radius 3 is 2.55 bits per heavy atom. The maximum absolute atomic E-state index is 12.0. The zero-order valence-electron chi connectivity index (χ0n) is 16.3. The van der Waals surface area contributed by atoms with Crippen LogP contribution in [0.25, 0.3) is 11.4 Å². The lowest BCUT2D eigenvalue weighted by atomic mass is 10.2. The van der Waals surface area contributed by atoms with E-state index in [0.29, 0.717) is 34.4 Å². The summed E-state index contributed by atoms with van der Waals surface area (Å²) in [5.74, 6) is 2.66. The molecule has 9 nitrogen and oxygen atoms in total. The number of benzene rings is 2. The van der Waals surface area contributed by atoms with Crippen LogP contribution < -0.4 is 24.3 Å². The van der Waals surface area contributed by atoms with Crippen LogP contribution in [0, 0.1) is 0 Å². The van der Waals surface area contributed by atoms with Gasteiger partial charge >= 0.3 is 0 Å². The highest BCUT2D eigenvalue weighted by atomic mass is 16.5. The van der Waals surface area contributed by atoms with Gasteiger partial charge in [-0.05, 0) is 30.3 Å². The lowest BCUT2D eigenvalue weighted by Crippen LogP contribution is -2.28. The Bertz CT molecular complexity index is 972. The number of aromatic nitrogens is 2. The van der Waals surface area contributed by atoms with Crippen LogP contribution in [0.1, 0.15) is 5.89 Å². The third-order valence-corrected chi connectivity index (χ3v) is 3.96. The average molecular weight is 399 g/mol. The standard InChI is InChI=1S/C20H21N3O6/c1-25-14-5-4-6-15(10-14)28-12-18(24)21-11-19-22-20(23-29-19)13-7-8-16(26-2)17(9-13)27-3/h4-10H,11-12H2,1-3H3,(H,21,24). The molecule has 0 aliphatic heterocycles. The van der Waals surface area contributed by atoms with Crippen molar-refractivity contribution in [2.75, 3.05) is 27.9 Å². The Hall–Kier alpha value is -3.75. The van der Waals surface area contributed by atoms with E-state index in [4.69, 9.17) is 23.5 Å². The number of nitrogens with zero attached hydrogens (tertiary/aromatic N) is 2. The summed E-state index contributed by atoms with van der Waals surface area (Å²) in [5, 5.41) is 6.60. The van der Waals surface area contributed by atoms with Gasteiger partial charge < -0.3 is 28.8 Å². The molecule has 152 valence electrons. The molecule has 1 N–H and O–H groups in total. The fourth-order valence-corrected chi connectivity index (χ4v) is 2.48. The van der Waals surface area contributed by atoms with E-state index in [1.807, 2.05) is 0 Å². The fraction of sp³-hybridized carbons (Fsp3) is 0.250. The van der Waals surface area contributed by atoms with E-state index in [1.54, 1.807) is 63.8 Å². The van der Waals surface area contributed by atoms with E-state index in [1.165, 1.54) is 0 Å². The second-order valence-electron chi connectivity index (χ2n) is 5.83. The average Bonchev–Trinajstić information content (AvgIpc) is 3.25. The number of ether oxygens (including phenoxy) is 4. The van der Waals surface area contributed by atoms with E-state index in [-0.39, 0.29) is 24.9 Å². The topological polar surface area (TPSA) is 105 Å². The van der Waals surface area contributed by atoms with Gasteiger partial charge in [0.25, 0.3) is 5.91 Å². The number of nitrogens with one attached hydrogen (secondary N) is 1. The van der Waals surface area contributed by atoms with Crippen molar-refractivity contribution in [1.29, 1.82) is 0 Å². The smallest absolute Gasteiger partial charge is 0.258 e. The van der Waals surface area contributed by atoms with Gasteiger partial charge in [-0.25, -0.2) is 0 Å². The van der Waals surface area contributed by atoms with Crippen molar-refractivity contribution in [2.45, 2.75) is 6.54 Å². The van der Waals surface area contributed by atoms with Gasteiger partial charge in [0.1, 0.15) is 11.5 Å². The number of carbonyl (C=O) groups excluding carboxylic acids is 1. The first-order valence-corrected chi connectivity index (χ1v) is 8.71. The molecule has 0 saturated carbocycles. The Balaban J connectivity index is 1.54. The van der Waals surface area contributed by atoms with Gasteiger partial charge in [-0.15, -0.1) is 0 Å². The van der Waals surface area contributed by atoms with E-state index in [9.17, 15) is 4.79 Å². The molecular weight excluding hydrogens is 378 g/mol. The number of hydrogen-bond donors (Lipinski definition) is 1. The number of amides is 1. The quantitative estimate of drug-likeness (QED) is 0.585. The minimum Gasteiger partial charge on any atom is -0.497 e. The molecule has 0 bridgehead atoms. The van der Waals surface area contributed by atoms with Gasteiger partial charge in [-0.1, -0.05) is 11.2 Å². The summed E-state index contributed by atoms with van der Waals surface area (Å²) in [6, 6.07) is 12.3. The summed E-state index contributed by atoms with van der Waals surface area (Å²) >= 11 is 0. The van der Waals surface area contributed by atoms with Crippen LogP contribution in [0.4, 0.5) is 0 Å². The molecule has 0 aliphatic rings. The van der Waals surface area contributed by atoms with E-state index < -0.39 is 0 Å². The van der Waals surface area contributed by atoms with Gasteiger partial charge in [-0.3, -0.25) is 4.79 Å². The molecule has 29 heavy (non-hydrogen) atoms. The fourth-order valence-electron chi connectivity index (χ4n) is 2.48. The Morgan fingerprint density at radius 2 is 1.79 bits per heavy atom. The minimum atomic E-state index is -0.321. The summed E-state index contributed by atoms with van der Waals surface area (Å²) in [7, 11) is 4.67. The first-order valence-electron chi connectivity index (χ1n) is 8.71. The minimum absolute atomic E-state index is 0.0839. The first kappa shape index (κ1) is 20.0. The van der Waals surface area contributed by atoms with Crippen LogP contribution in [-0.2, 0) is 11.3 Å². The van der Waals surface area contributed by atoms with Gasteiger partial charge in [0.05, 0.1) is 27.9 Å². The van der Waals surface area contributed by atoms with E-state index >= 15 is 0 Å². The van der Waals surface area contributed by atoms with Gasteiger partial charge in [0, 0.05) is 11.6 Å². The van der Waals surface area contributed by atoms with Crippen molar-refractivity contribution in [3.05, 3.63) is 48.4 Å². The van der Waals surface area contributed by atoms with Crippen molar-refractivity contribution < 1.29 is 28.3 Å². The summed E-state index contributed by atoms with van der Waals surface area (Å²) < 4.78 is 26.2. The predicted molar refractivity (Wildman–Crippen MR) is 103 cm³/mol. The summed E-state index contributed by atoms with van der Waals surface area (Å²) in [4.78, 5) is 16.3. The molecule has 0 spiro atoms. The molecule has 1 heterocycles. The molecule has 1 aromatic heterocycles. The van der Waals surface area contributed by atoms with Gasteiger partial charge in [-0.2, -0.15) is 4.98 Å². The summed E-state index contributed by atoms with van der Waals surface area (Å²) in [5.41, 5.74) is 0.699. The van der Waals surface area contributed by atoms with Crippen LogP contribution in [0.5, 0.6) is 23.0 Å². The highest BCUT2D eigenvalue weighted by molar-refractivity contribution is 5.77. The Morgan fingerprint density at radius 1 is 1.00 bits per heavy atom. The molecule has 0 aliphatic carbocycles. The molecule has 0 saturated heterocycles. The predicted octanol–water partition coefficient (Wildman–Crippen LogP) is 2.46. The van der Waals surface area contributed by atoms with Crippen molar-refractivity contribution in [3.8, 4) is 34.4 Å². The lowest BCUT2D eigenvalue weighted by Gasteiger charge is -2.07. The molecule has 0 fully saturated rings. The monoisotopic (exact) mass is 399 g/mol. The number of methoxy groups -OCH3 is 3. The molecule has 3 rings (SSSR count). The van der Waals surface area contributed by atoms with Gasteiger partial charge in [0.15, 0.2) is 18.1 Å². The Kier molecular flexibility index (Phi) is 6.51. The molecule has 2 aromatic carbocycles. The third-order valence-electron chi connectivity index (χ3n) is 3.96. The Labute approximate surface area is 167 Å². The van der Waals surface area contributed by atoms with Crippen LogP contribution in [0.15, 0.2) is 47.0 Å². The molecule has 0 atom stereocenters. The maximum atomic E-state index is 12.0. The van der Waals surface area contributed by atoms with Crippen molar-refractivity contribution in [3.63, 3.8) is 0 Å². The molecular formula is C20H21N3O6. The normalized spacial score (nSPS) is 10.3. The van der Waals surface area contributed by atoms with Crippen LogP contribution in [-0.4, -0.2) is 44.0 Å². The second kappa shape index (κ2) is 9.45.